The summed E-state index contributed by atoms with van der Waals surface area (Å²) in [7, 11) is 0. The number of nitrogens with one attached hydrogen (secondary N) is 1. The van der Waals surface area contributed by atoms with Gasteiger partial charge in [0.25, 0.3) is 12.3 Å². The molecule has 1 aliphatic carbocycles. The minimum absolute atomic E-state index is 0.0135. The standard InChI is InChI=1S/C21H17F7N4O2S/c1-19(14-6-20(14,17(24)25)35-18(29)32-19)11-4-9(5-12(22)15(11)23)31-16(33)13-3-2-10(7-30-13)34-8-21(26,27)28/h2-5,7,14,17H,6,8H2,1H3,(H2,29,32)(H,31,33)/t14-,19-,20-/m0/s1. The van der Waals surface area contributed by atoms with Crippen LogP contribution >= 0.6 is 11.8 Å². The van der Waals surface area contributed by atoms with Crippen LogP contribution in [0.4, 0.5) is 36.4 Å². The van der Waals surface area contributed by atoms with E-state index in [9.17, 15) is 35.5 Å². The fraction of sp³-hybridized carbons (Fsp3) is 0.381. The third-order valence-corrected chi connectivity index (χ3v) is 7.15. The molecule has 2 aromatic rings. The first-order valence-corrected chi connectivity index (χ1v) is 10.9. The Labute approximate surface area is 198 Å². The molecule has 4 rings (SSSR count). The van der Waals surface area contributed by atoms with Crippen LogP contribution in [0, 0.1) is 17.6 Å². The number of benzene rings is 1. The molecule has 6 nitrogen and oxygen atoms in total. The van der Waals surface area contributed by atoms with Crippen LogP contribution in [-0.2, 0) is 5.54 Å². The molecule has 2 heterocycles. The lowest BCUT2D eigenvalue weighted by Gasteiger charge is -2.34. The lowest BCUT2D eigenvalue weighted by Crippen LogP contribution is -2.39. The lowest BCUT2D eigenvalue weighted by molar-refractivity contribution is -0.153. The molecule has 0 radical (unpaired) electrons. The summed E-state index contributed by atoms with van der Waals surface area (Å²) in [6, 6.07) is 3.94. The molecule has 0 unspecified atom stereocenters. The highest BCUT2D eigenvalue weighted by Crippen LogP contribution is 2.68. The van der Waals surface area contributed by atoms with Crippen LogP contribution in [0.1, 0.15) is 29.4 Å². The van der Waals surface area contributed by atoms with Crippen molar-refractivity contribution in [2.45, 2.75) is 36.2 Å². The lowest BCUT2D eigenvalue weighted by atomic mass is 9.85. The molecule has 1 amide bonds. The molecule has 0 spiro atoms. The highest BCUT2D eigenvalue weighted by Gasteiger charge is 2.71. The molecule has 1 aromatic carbocycles. The third-order valence-electron chi connectivity index (χ3n) is 5.84. The summed E-state index contributed by atoms with van der Waals surface area (Å²) in [6.07, 6.45) is -6.44. The molecular weight excluding hydrogens is 505 g/mol. The molecule has 0 bridgehead atoms. The van der Waals surface area contributed by atoms with Crippen molar-refractivity contribution in [3.63, 3.8) is 0 Å². The van der Waals surface area contributed by atoms with Crippen molar-refractivity contribution in [1.29, 1.82) is 0 Å². The number of rotatable bonds is 6. The number of hydrogen-bond donors (Lipinski definition) is 2. The van der Waals surface area contributed by atoms with Crippen molar-refractivity contribution in [2.75, 3.05) is 11.9 Å². The van der Waals surface area contributed by atoms with E-state index in [4.69, 9.17) is 5.73 Å². The zero-order valence-corrected chi connectivity index (χ0v) is 18.6. The molecule has 1 fully saturated rings. The molecule has 2 aliphatic rings. The van der Waals surface area contributed by atoms with Gasteiger partial charge < -0.3 is 15.8 Å². The van der Waals surface area contributed by atoms with Gasteiger partial charge >= 0.3 is 6.18 Å². The Morgan fingerprint density at radius 3 is 2.63 bits per heavy atom. The van der Waals surface area contributed by atoms with Gasteiger partial charge in [0.15, 0.2) is 23.4 Å². The Kier molecular flexibility index (Phi) is 6.14. The average Bonchev–Trinajstić information content (AvgIpc) is 3.51. The van der Waals surface area contributed by atoms with Gasteiger partial charge in [0.05, 0.1) is 16.5 Å². The van der Waals surface area contributed by atoms with Crippen LogP contribution in [0.25, 0.3) is 0 Å². The Bertz CT molecular complexity index is 1190. The number of nitrogens with zero attached hydrogens (tertiary/aromatic N) is 2. The zero-order chi connectivity index (χ0) is 25.8. The monoisotopic (exact) mass is 522 g/mol. The maximum atomic E-state index is 14.8. The molecule has 188 valence electrons. The molecule has 14 heteroatoms. The smallest absolute Gasteiger partial charge is 0.422 e. The van der Waals surface area contributed by atoms with E-state index in [2.05, 4.69) is 20.0 Å². The van der Waals surface area contributed by atoms with E-state index < -0.39 is 53.0 Å². The molecule has 35 heavy (non-hydrogen) atoms. The van der Waals surface area contributed by atoms with E-state index >= 15 is 0 Å². The van der Waals surface area contributed by atoms with Crippen molar-refractivity contribution in [3.05, 3.63) is 53.4 Å². The van der Waals surface area contributed by atoms with Gasteiger partial charge in [0.2, 0.25) is 0 Å². The maximum absolute atomic E-state index is 14.8. The highest BCUT2D eigenvalue weighted by molar-refractivity contribution is 8.15. The quantitative estimate of drug-likeness (QED) is 0.530. The Hall–Kier alpha value is -3.03. The molecule has 3 atom stereocenters. The van der Waals surface area contributed by atoms with E-state index in [1.54, 1.807) is 0 Å². The van der Waals surface area contributed by atoms with Gasteiger partial charge in [0.1, 0.15) is 11.4 Å². The number of carbonyl (C=O) groups is 1. The second kappa shape index (κ2) is 8.57. The second-order valence-corrected chi connectivity index (χ2v) is 9.65. The number of halogens is 7. The van der Waals surface area contributed by atoms with Crippen LogP contribution in [0.3, 0.4) is 0 Å². The minimum Gasteiger partial charge on any atom is -0.483 e. The first-order valence-electron chi connectivity index (χ1n) is 10.0. The number of aromatic nitrogens is 1. The number of amides is 1. The van der Waals surface area contributed by atoms with E-state index in [1.807, 2.05) is 0 Å². The Morgan fingerprint density at radius 1 is 1.31 bits per heavy atom. The number of thioether (sulfide) groups is 1. The van der Waals surface area contributed by atoms with Crippen molar-refractivity contribution < 1.29 is 40.3 Å². The number of fused-ring (bicyclic) bond motifs is 1. The number of ether oxygens (including phenoxy) is 1. The molecular formula is C21H17F7N4O2S. The van der Waals surface area contributed by atoms with Gasteiger partial charge in [-0.1, -0.05) is 11.8 Å². The predicted molar refractivity (Wildman–Crippen MR) is 114 cm³/mol. The van der Waals surface area contributed by atoms with E-state index in [1.165, 1.54) is 6.92 Å². The Morgan fingerprint density at radius 2 is 2.03 bits per heavy atom. The topological polar surface area (TPSA) is 89.6 Å². The van der Waals surface area contributed by atoms with Crippen LogP contribution in [0.15, 0.2) is 35.5 Å². The van der Waals surface area contributed by atoms with Crippen LogP contribution < -0.4 is 15.8 Å². The SMILES string of the molecule is C[C@@]1(c2cc(NC(=O)c3ccc(OCC(F)(F)F)cn3)cc(F)c2F)N=C(N)S[C@@]2(C(F)F)C[C@@H]12. The average molecular weight is 522 g/mol. The highest BCUT2D eigenvalue weighted by atomic mass is 32.2. The van der Waals surface area contributed by atoms with Crippen molar-refractivity contribution >= 4 is 28.5 Å². The number of alkyl halides is 5. The van der Waals surface area contributed by atoms with Crippen LogP contribution in [-0.4, -0.2) is 40.0 Å². The summed E-state index contributed by atoms with van der Waals surface area (Å²) < 4.78 is 96.3. The molecule has 1 saturated carbocycles. The van der Waals surface area contributed by atoms with Crippen molar-refractivity contribution in [3.8, 4) is 5.75 Å². The third kappa shape index (κ3) is 4.75. The van der Waals surface area contributed by atoms with Gasteiger partial charge in [0, 0.05) is 23.2 Å². The molecule has 0 saturated heterocycles. The molecule has 3 N–H and O–H groups in total. The summed E-state index contributed by atoms with van der Waals surface area (Å²) >= 11 is 0.707. The predicted octanol–water partition coefficient (Wildman–Crippen LogP) is 4.85. The fourth-order valence-corrected chi connectivity index (χ4v) is 5.43. The van der Waals surface area contributed by atoms with Gasteiger partial charge in [-0.2, -0.15) is 13.2 Å². The zero-order valence-electron chi connectivity index (χ0n) is 17.8. The van der Waals surface area contributed by atoms with Crippen LogP contribution in [0.2, 0.25) is 0 Å². The number of anilines is 1. The number of aliphatic imine (C=N–C) groups is 1. The second-order valence-electron chi connectivity index (χ2n) is 8.27. The molecule has 1 aliphatic heterocycles. The van der Waals surface area contributed by atoms with Gasteiger partial charge in [-0.15, -0.1) is 0 Å². The largest absolute Gasteiger partial charge is 0.483 e. The first-order chi connectivity index (χ1) is 16.2. The number of nitrogens with two attached hydrogens (primary N) is 1. The van der Waals surface area contributed by atoms with E-state index in [0.717, 1.165) is 24.4 Å². The summed E-state index contributed by atoms with van der Waals surface area (Å²) in [4.78, 5) is 20.4. The normalized spacial score (nSPS) is 25.6. The van der Waals surface area contributed by atoms with Crippen LogP contribution in [0.5, 0.6) is 5.75 Å². The minimum atomic E-state index is -4.56. The summed E-state index contributed by atoms with van der Waals surface area (Å²) in [5.41, 5.74) is 3.32. The number of pyridine rings is 1. The first kappa shape index (κ1) is 25.1. The summed E-state index contributed by atoms with van der Waals surface area (Å²) in [5, 5.41) is 2.12. The van der Waals surface area contributed by atoms with Crippen molar-refractivity contribution in [1.82, 2.24) is 4.98 Å². The fourth-order valence-electron chi connectivity index (χ4n) is 4.10. The van der Waals surface area contributed by atoms with Gasteiger partial charge in [-0.25, -0.2) is 22.5 Å². The van der Waals surface area contributed by atoms with E-state index in [-0.39, 0.29) is 34.3 Å². The number of hydrogen-bond acceptors (Lipinski definition) is 6. The van der Waals surface area contributed by atoms with Gasteiger partial charge in [-0.3, -0.25) is 9.79 Å². The van der Waals surface area contributed by atoms with E-state index in [0.29, 0.717) is 17.8 Å². The number of amidine groups is 1. The summed E-state index contributed by atoms with van der Waals surface area (Å²) in [5.74, 6) is -4.60. The maximum Gasteiger partial charge on any atom is 0.422 e. The van der Waals surface area contributed by atoms with Gasteiger partial charge in [-0.05, 0) is 31.5 Å². The number of carbonyl (C=O) groups excluding carboxylic acids is 1. The summed E-state index contributed by atoms with van der Waals surface area (Å²) in [6.45, 7) is -0.172. The Balaban J connectivity index is 1.57. The van der Waals surface area contributed by atoms with Crippen molar-refractivity contribution in [2.24, 2.45) is 16.6 Å². The molecule has 1 aromatic heterocycles.